The van der Waals surface area contributed by atoms with Crippen LogP contribution in [0.4, 0.5) is 5.69 Å². The molecule has 0 bridgehead atoms. The van der Waals surface area contributed by atoms with Gasteiger partial charge in [0.1, 0.15) is 5.56 Å². The number of hydrogen-bond donors (Lipinski definition) is 2. The molecule has 1 aromatic carbocycles. The molecule has 2 N–H and O–H groups in total. The Morgan fingerprint density at radius 3 is 2.59 bits per heavy atom. The average Bonchev–Trinajstić information content (AvgIpc) is 3.28. The minimum atomic E-state index is -1.10. The Labute approximate surface area is 163 Å². The molecule has 0 unspecified atom stereocenters. The molecular weight excluding hydrogens is 384 g/mol. The van der Waals surface area contributed by atoms with Gasteiger partial charge in [0.15, 0.2) is 0 Å². The van der Waals surface area contributed by atoms with E-state index in [-0.39, 0.29) is 17.2 Å². The molecule has 0 spiro atoms. The lowest BCUT2D eigenvalue weighted by Crippen LogP contribution is -2.14. The molecule has 134 valence electrons. The number of nitrogens with one attached hydrogen (secondary N) is 1. The topological polar surface area (TPSA) is 70.8 Å². The lowest BCUT2D eigenvalue weighted by Gasteiger charge is -2.07. The van der Waals surface area contributed by atoms with E-state index in [1.54, 1.807) is 41.9 Å². The van der Waals surface area contributed by atoms with Gasteiger partial charge in [-0.25, -0.2) is 4.79 Å². The maximum absolute atomic E-state index is 12.6. The summed E-state index contributed by atoms with van der Waals surface area (Å²) in [4.78, 5) is 25.0. The average molecular weight is 397 g/mol. The van der Waals surface area contributed by atoms with E-state index in [0.717, 1.165) is 11.1 Å². The summed E-state index contributed by atoms with van der Waals surface area (Å²) in [5.74, 6) is -1.47. The van der Waals surface area contributed by atoms with Gasteiger partial charge in [0, 0.05) is 28.3 Å². The number of aromatic carboxylic acids is 1. The first-order chi connectivity index (χ1) is 13.0. The largest absolute Gasteiger partial charge is 0.478 e. The molecule has 4 rings (SSSR count). The number of aromatic nitrogens is 1. The van der Waals surface area contributed by atoms with Crippen molar-refractivity contribution >= 4 is 46.0 Å². The van der Waals surface area contributed by atoms with E-state index in [9.17, 15) is 14.7 Å². The molecule has 1 amide bonds. The number of carboxylic acids is 1. The predicted molar refractivity (Wildman–Crippen MR) is 107 cm³/mol. The monoisotopic (exact) mass is 396 g/mol. The number of rotatable bonds is 4. The van der Waals surface area contributed by atoms with Crippen LogP contribution >= 0.6 is 22.9 Å². The third kappa shape index (κ3) is 3.32. The maximum atomic E-state index is 12.6. The molecular formula is C20H13ClN2O3S. The molecule has 3 heterocycles. The summed E-state index contributed by atoms with van der Waals surface area (Å²) in [7, 11) is 0. The van der Waals surface area contributed by atoms with Crippen LogP contribution in [0.15, 0.2) is 66.3 Å². The van der Waals surface area contributed by atoms with Crippen molar-refractivity contribution in [3.8, 4) is 10.4 Å². The summed E-state index contributed by atoms with van der Waals surface area (Å²) >= 11 is 7.17. The van der Waals surface area contributed by atoms with Gasteiger partial charge in [0.05, 0.1) is 16.1 Å². The van der Waals surface area contributed by atoms with Crippen molar-refractivity contribution in [2.75, 3.05) is 5.32 Å². The van der Waals surface area contributed by atoms with E-state index in [1.165, 1.54) is 11.3 Å². The highest BCUT2D eigenvalue weighted by atomic mass is 35.5. The molecule has 0 saturated heterocycles. The van der Waals surface area contributed by atoms with Crippen LogP contribution in [0.2, 0.25) is 5.02 Å². The highest BCUT2D eigenvalue weighted by Gasteiger charge is 2.21. The second-order valence-electron chi connectivity index (χ2n) is 5.88. The van der Waals surface area contributed by atoms with Crippen molar-refractivity contribution in [1.82, 2.24) is 4.40 Å². The van der Waals surface area contributed by atoms with Crippen LogP contribution in [-0.4, -0.2) is 21.4 Å². The van der Waals surface area contributed by atoms with Crippen LogP contribution in [0.5, 0.6) is 0 Å². The van der Waals surface area contributed by atoms with Crippen molar-refractivity contribution < 1.29 is 14.7 Å². The molecule has 4 aromatic rings. The van der Waals surface area contributed by atoms with Gasteiger partial charge in [-0.1, -0.05) is 23.7 Å². The summed E-state index contributed by atoms with van der Waals surface area (Å²) in [6.07, 6.45) is 3.55. The molecule has 3 aromatic heterocycles. The minimum Gasteiger partial charge on any atom is -0.478 e. The molecule has 0 fully saturated rings. The summed E-state index contributed by atoms with van der Waals surface area (Å²) < 4.78 is 1.83. The maximum Gasteiger partial charge on any atom is 0.339 e. The van der Waals surface area contributed by atoms with Crippen LogP contribution in [0, 0.1) is 0 Å². The van der Waals surface area contributed by atoms with E-state index in [1.807, 2.05) is 28.8 Å². The Morgan fingerprint density at radius 2 is 1.85 bits per heavy atom. The first-order valence-corrected chi connectivity index (χ1v) is 9.27. The van der Waals surface area contributed by atoms with Gasteiger partial charge in [-0.15, -0.1) is 11.3 Å². The molecule has 0 saturated carbocycles. The number of thiophene rings is 1. The summed E-state index contributed by atoms with van der Waals surface area (Å²) in [5, 5.41) is 14.6. The summed E-state index contributed by atoms with van der Waals surface area (Å²) in [6, 6.07) is 14.3. The Hall–Kier alpha value is -3.09. The molecule has 0 aliphatic rings. The van der Waals surface area contributed by atoms with Crippen molar-refractivity contribution in [3.63, 3.8) is 0 Å². The lowest BCUT2D eigenvalue weighted by atomic mass is 10.1. The SMILES string of the molecule is O=C(Nc1csc(-c2ccc(Cl)cc2)c1C(=O)O)c1ccc2cccn2c1. The molecule has 27 heavy (non-hydrogen) atoms. The molecule has 0 aliphatic heterocycles. The van der Waals surface area contributed by atoms with Crippen molar-refractivity contribution in [2.45, 2.75) is 0 Å². The quantitative estimate of drug-likeness (QED) is 0.493. The van der Waals surface area contributed by atoms with E-state index in [4.69, 9.17) is 11.6 Å². The van der Waals surface area contributed by atoms with E-state index >= 15 is 0 Å². The van der Waals surface area contributed by atoms with E-state index in [0.29, 0.717) is 15.5 Å². The van der Waals surface area contributed by atoms with Gasteiger partial charge in [-0.2, -0.15) is 0 Å². The Bertz CT molecular complexity index is 1160. The number of nitrogens with zero attached hydrogens (tertiary/aromatic N) is 1. The first-order valence-electron chi connectivity index (χ1n) is 8.02. The third-order valence-corrected chi connectivity index (χ3v) is 5.43. The highest BCUT2D eigenvalue weighted by molar-refractivity contribution is 7.14. The number of pyridine rings is 1. The second-order valence-corrected chi connectivity index (χ2v) is 7.19. The van der Waals surface area contributed by atoms with Gasteiger partial charge < -0.3 is 14.8 Å². The number of amides is 1. The van der Waals surface area contributed by atoms with Crippen LogP contribution in [0.25, 0.3) is 16.0 Å². The number of benzene rings is 1. The number of carbonyl (C=O) groups is 2. The third-order valence-electron chi connectivity index (χ3n) is 4.15. The number of halogens is 1. The summed E-state index contributed by atoms with van der Waals surface area (Å²) in [6.45, 7) is 0. The zero-order valence-electron chi connectivity index (χ0n) is 13.8. The standard InChI is InChI=1S/C20H13ClN2O3S/c21-14-6-3-12(4-7-14)18-17(20(25)26)16(11-27-18)22-19(24)13-5-8-15-2-1-9-23(15)10-13/h1-11H,(H,22,24)(H,25,26). The number of carbonyl (C=O) groups excluding carboxylic acids is 1. The fourth-order valence-corrected chi connectivity index (χ4v) is 3.96. The van der Waals surface area contributed by atoms with Crippen LogP contribution in [0.1, 0.15) is 20.7 Å². The van der Waals surface area contributed by atoms with Gasteiger partial charge >= 0.3 is 5.97 Å². The molecule has 0 radical (unpaired) electrons. The second kappa shape index (κ2) is 6.90. The van der Waals surface area contributed by atoms with Gasteiger partial charge in [-0.3, -0.25) is 4.79 Å². The highest BCUT2D eigenvalue weighted by Crippen LogP contribution is 2.36. The van der Waals surface area contributed by atoms with Crippen molar-refractivity contribution in [2.24, 2.45) is 0 Å². The zero-order chi connectivity index (χ0) is 19.0. The van der Waals surface area contributed by atoms with Gasteiger partial charge in [0.25, 0.3) is 5.91 Å². The van der Waals surface area contributed by atoms with Crippen molar-refractivity contribution in [1.29, 1.82) is 0 Å². The number of carboxylic acid groups (broad SMARTS) is 1. The minimum absolute atomic E-state index is 0.0673. The predicted octanol–water partition coefficient (Wildman–Crippen LogP) is 5.27. The Morgan fingerprint density at radius 1 is 1.07 bits per heavy atom. The van der Waals surface area contributed by atoms with Crippen molar-refractivity contribution in [3.05, 3.63) is 82.5 Å². The molecule has 5 nitrogen and oxygen atoms in total. The Balaban J connectivity index is 1.68. The van der Waals surface area contributed by atoms with Gasteiger partial charge in [-0.05, 0) is 42.0 Å². The van der Waals surface area contributed by atoms with Crippen LogP contribution < -0.4 is 5.32 Å². The van der Waals surface area contributed by atoms with Gasteiger partial charge in [0.2, 0.25) is 0 Å². The smallest absolute Gasteiger partial charge is 0.339 e. The van der Waals surface area contributed by atoms with E-state index in [2.05, 4.69) is 5.32 Å². The molecule has 0 atom stereocenters. The van der Waals surface area contributed by atoms with Crippen LogP contribution in [0.3, 0.4) is 0 Å². The normalized spacial score (nSPS) is 10.9. The van der Waals surface area contributed by atoms with Crippen LogP contribution in [-0.2, 0) is 0 Å². The number of hydrogen-bond acceptors (Lipinski definition) is 3. The fraction of sp³-hybridized carbons (Fsp3) is 0. The zero-order valence-corrected chi connectivity index (χ0v) is 15.4. The molecule has 0 aliphatic carbocycles. The molecule has 7 heteroatoms. The number of fused-ring (bicyclic) bond motifs is 1. The fourth-order valence-electron chi connectivity index (χ4n) is 2.84. The Kier molecular flexibility index (Phi) is 4.43. The van der Waals surface area contributed by atoms with E-state index < -0.39 is 5.97 Å². The number of anilines is 1. The lowest BCUT2D eigenvalue weighted by molar-refractivity contribution is 0.0699. The first kappa shape index (κ1) is 17.3. The summed E-state index contributed by atoms with van der Waals surface area (Å²) in [5.41, 5.74) is 2.48.